The van der Waals surface area contributed by atoms with Crippen LogP contribution >= 0.6 is 0 Å². The van der Waals surface area contributed by atoms with Crippen molar-refractivity contribution >= 4 is 0 Å². The van der Waals surface area contributed by atoms with Crippen molar-refractivity contribution in [3.63, 3.8) is 0 Å². The number of aliphatic hydroxyl groups excluding tert-OH is 1. The summed E-state index contributed by atoms with van der Waals surface area (Å²) in [6.45, 7) is 5.28. The summed E-state index contributed by atoms with van der Waals surface area (Å²) in [5.41, 5.74) is -0.389. The minimum Gasteiger partial charge on any atom is -0.999 e. The Morgan fingerprint density at radius 3 is 1.50 bits per heavy atom. The van der Waals surface area contributed by atoms with E-state index >= 15 is 0 Å². The third-order valence-corrected chi connectivity index (χ3v) is 1.68. The molecule has 0 spiro atoms. The minimum atomic E-state index is -1.20. The van der Waals surface area contributed by atoms with Crippen LogP contribution in [-0.4, -0.2) is 16.5 Å². The first-order valence-corrected chi connectivity index (χ1v) is 5.30. The van der Waals surface area contributed by atoms with Crippen LogP contribution in [0.25, 0.3) is 0 Å². The van der Waals surface area contributed by atoms with Gasteiger partial charge in [0.1, 0.15) is 0 Å². The third-order valence-electron chi connectivity index (χ3n) is 1.68. The van der Waals surface area contributed by atoms with E-state index in [0.717, 1.165) is 0 Å². The molecule has 0 saturated carbocycles. The van der Waals surface area contributed by atoms with Crippen molar-refractivity contribution in [3.8, 4) is 0 Å². The van der Waals surface area contributed by atoms with E-state index in [0.29, 0.717) is 0 Å². The Bertz CT molecular complexity index is 257. The number of hydrogen-bond acceptors (Lipinski definition) is 2. The zero-order valence-electron chi connectivity index (χ0n) is 10.9. The van der Waals surface area contributed by atoms with Gasteiger partial charge < -0.3 is 40.5 Å². The number of aliphatic hydroxyl groups is 2. The van der Waals surface area contributed by atoms with E-state index in [1.807, 2.05) is 30.3 Å². The molecule has 0 bridgehead atoms. The first kappa shape index (κ1) is 19.7. The van der Waals surface area contributed by atoms with Crippen LogP contribution in [0.3, 0.4) is 0 Å². The molecule has 0 atom stereocenters. The Labute approximate surface area is 125 Å². The van der Waals surface area contributed by atoms with Crippen LogP contribution in [-0.2, 0) is 21.7 Å². The summed E-state index contributed by atoms with van der Waals surface area (Å²) >= 11 is 0. The Balaban J connectivity index is 0. The molecule has 2 rings (SSSR count). The van der Waals surface area contributed by atoms with Gasteiger partial charge in [-0.3, -0.25) is 0 Å². The second-order valence-electron chi connectivity index (χ2n) is 4.38. The van der Waals surface area contributed by atoms with Crippen LogP contribution in [0.4, 0.5) is 0 Å². The summed E-state index contributed by atoms with van der Waals surface area (Å²) in [5.74, 6) is 0. The average Bonchev–Trinajstić information content (AvgIpc) is 2.96. The molecule has 2 nitrogen and oxygen atoms in total. The summed E-state index contributed by atoms with van der Waals surface area (Å²) in [7, 11) is 0. The van der Waals surface area contributed by atoms with Crippen LogP contribution in [0.1, 0.15) is 20.8 Å². The largest absolute Gasteiger partial charge is 0.999 e. The van der Waals surface area contributed by atoms with Crippen LogP contribution < -0.4 is 0 Å². The van der Waals surface area contributed by atoms with E-state index in [4.69, 9.17) is 10.2 Å². The molecule has 3 heteroatoms. The molecule has 0 radical (unpaired) electrons. The molecule has 2 aromatic carbocycles. The van der Waals surface area contributed by atoms with Gasteiger partial charge >= 0.3 is 0 Å². The molecular weight excluding hydrogens is 260 g/mol. The van der Waals surface area contributed by atoms with E-state index in [1.54, 1.807) is 26.8 Å². The van der Waals surface area contributed by atoms with Crippen molar-refractivity contribution < 1.29 is 31.9 Å². The van der Waals surface area contributed by atoms with Gasteiger partial charge in [-0.2, -0.15) is 18.2 Å². The summed E-state index contributed by atoms with van der Waals surface area (Å²) in [6, 6.07) is 22.0. The molecule has 0 saturated heterocycles. The zero-order chi connectivity index (χ0) is 13.1. The fourth-order valence-corrected chi connectivity index (χ4v) is 0.501. The maximum Gasteiger partial charge on any atom is 0.156 e. The minimum absolute atomic E-state index is 0. The Morgan fingerprint density at radius 2 is 1.39 bits per heavy atom. The zero-order valence-corrected chi connectivity index (χ0v) is 12.5. The van der Waals surface area contributed by atoms with E-state index in [9.17, 15) is 0 Å². The summed E-state index contributed by atoms with van der Waals surface area (Å²) in [4.78, 5) is 0. The van der Waals surface area contributed by atoms with Crippen LogP contribution in [0.2, 0.25) is 0 Å². The van der Waals surface area contributed by atoms with Gasteiger partial charge in [0.05, 0.1) is 0 Å². The van der Waals surface area contributed by atoms with Crippen molar-refractivity contribution in [1.29, 1.82) is 0 Å². The quantitative estimate of drug-likeness (QED) is 0.441. The predicted octanol–water partition coefficient (Wildman–Crippen LogP) is 2.35. The molecule has 0 aliphatic carbocycles. The van der Waals surface area contributed by atoms with Gasteiger partial charge in [-0.15, -0.1) is 0 Å². The molecule has 0 fully saturated rings. The van der Waals surface area contributed by atoms with Gasteiger partial charge in [0.25, 0.3) is 0 Å². The van der Waals surface area contributed by atoms with Crippen molar-refractivity contribution in [2.24, 2.45) is 5.41 Å². The maximum absolute atomic E-state index is 8.44. The van der Waals surface area contributed by atoms with Crippen LogP contribution in [0.5, 0.6) is 0 Å². The standard InChI is InChI=1S/C5H12O2.C5H5.C5H.Ti/c1-5(2,3)4(6)7;2*1-2-4-5-3-1;/h4,6-7H,1-3H3;1-5H;1H;/q;-1;-5;. The molecule has 0 unspecified atom stereocenters. The molecule has 0 aromatic heterocycles. The predicted molar refractivity (Wildman–Crippen MR) is 67.1 cm³/mol. The summed E-state index contributed by atoms with van der Waals surface area (Å²) in [6.07, 6.45) is -1.20. The molecule has 2 N–H and O–H groups in total. The van der Waals surface area contributed by atoms with Crippen LogP contribution in [0.15, 0.2) is 36.4 Å². The fourth-order valence-electron chi connectivity index (χ4n) is 0.501. The van der Waals surface area contributed by atoms with E-state index in [-0.39, 0.29) is 27.1 Å². The van der Waals surface area contributed by atoms with Crippen molar-refractivity contribution in [2.45, 2.75) is 27.1 Å². The SMILES string of the molecule is CC(C)(C)C(O)O.[Ti].[c-]1[c-][c-][cH-][c-]1.c1cc[cH-]c1. The van der Waals surface area contributed by atoms with Gasteiger partial charge in [-0.05, 0) is 0 Å². The van der Waals surface area contributed by atoms with Crippen LogP contribution in [0, 0.1) is 29.7 Å². The topological polar surface area (TPSA) is 40.5 Å². The summed E-state index contributed by atoms with van der Waals surface area (Å²) < 4.78 is 0. The van der Waals surface area contributed by atoms with Crippen molar-refractivity contribution in [2.75, 3.05) is 0 Å². The molecule has 18 heavy (non-hydrogen) atoms. The molecule has 0 heterocycles. The van der Waals surface area contributed by atoms with E-state index in [1.165, 1.54) is 0 Å². The Hall–Kier alpha value is -0.666. The Morgan fingerprint density at radius 1 is 1.00 bits per heavy atom. The molecule has 100 valence electrons. The summed E-state index contributed by atoms with van der Waals surface area (Å²) in [5, 5.41) is 16.9. The third kappa shape index (κ3) is 13.4. The number of hydrogen-bond donors (Lipinski definition) is 2. The maximum atomic E-state index is 8.44. The molecular formula is C15H18O2Ti-6. The smallest absolute Gasteiger partial charge is 0.156 e. The molecule has 0 aliphatic rings. The monoisotopic (exact) mass is 278 g/mol. The van der Waals surface area contributed by atoms with Gasteiger partial charge in [0.2, 0.25) is 0 Å². The number of rotatable bonds is 0. The molecule has 0 amide bonds. The first-order valence-electron chi connectivity index (χ1n) is 5.30. The van der Waals surface area contributed by atoms with Gasteiger partial charge in [0.15, 0.2) is 6.29 Å². The van der Waals surface area contributed by atoms with Gasteiger partial charge in [-0.25, -0.2) is 12.1 Å². The fraction of sp³-hybridized carbons (Fsp3) is 0.333. The van der Waals surface area contributed by atoms with Crippen molar-refractivity contribution in [3.05, 3.63) is 60.7 Å². The normalized spacial score (nSPS) is 9.44. The van der Waals surface area contributed by atoms with Gasteiger partial charge in [-0.1, -0.05) is 20.8 Å². The van der Waals surface area contributed by atoms with E-state index < -0.39 is 6.29 Å². The second kappa shape index (κ2) is 11.4. The Kier molecular flexibility index (Phi) is 12.5. The van der Waals surface area contributed by atoms with Gasteiger partial charge in [0, 0.05) is 27.1 Å². The first-order chi connectivity index (χ1) is 7.94. The average molecular weight is 278 g/mol. The second-order valence-corrected chi connectivity index (χ2v) is 4.38. The van der Waals surface area contributed by atoms with E-state index in [2.05, 4.69) is 24.3 Å². The molecule has 2 aromatic rings. The molecule has 0 aliphatic heterocycles. The van der Waals surface area contributed by atoms with Crippen molar-refractivity contribution in [1.82, 2.24) is 0 Å².